The van der Waals surface area contributed by atoms with E-state index in [-0.39, 0.29) is 0 Å². The van der Waals surface area contributed by atoms with Gasteiger partial charge in [0.25, 0.3) is 0 Å². The molecule has 1 atom stereocenters. The Labute approximate surface area is 169 Å². The molecule has 1 aliphatic heterocycles. The van der Waals surface area contributed by atoms with Gasteiger partial charge < -0.3 is 15.0 Å². The number of hydrogen-bond donors (Lipinski definition) is 1. The second-order valence-electron chi connectivity index (χ2n) is 7.78. The van der Waals surface area contributed by atoms with Crippen LogP contribution in [-0.4, -0.2) is 60.8 Å². The van der Waals surface area contributed by atoms with Crippen LogP contribution < -0.4 is 5.32 Å². The smallest absolute Gasteiger partial charge is 0.173 e. The van der Waals surface area contributed by atoms with Crippen molar-refractivity contribution in [3.05, 3.63) is 41.5 Å². The van der Waals surface area contributed by atoms with Crippen LogP contribution in [0.4, 0.5) is 5.69 Å². The first kappa shape index (κ1) is 20.3. The average Bonchev–Trinajstić information content (AvgIpc) is 2.69. The van der Waals surface area contributed by atoms with Crippen LogP contribution in [0.3, 0.4) is 0 Å². The predicted octanol–water partition coefficient (Wildman–Crippen LogP) is 3.99. The molecule has 1 saturated heterocycles. The molecule has 0 bridgehead atoms. The van der Waals surface area contributed by atoms with Gasteiger partial charge in [0, 0.05) is 38.4 Å². The molecule has 1 N–H and O–H groups in total. The molecule has 4 nitrogen and oxygen atoms in total. The summed E-state index contributed by atoms with van der Waals surface area (Å²) in [6.07, 6.45) is 8.25. The van der Waals surface area contributed by atoms with Crippen LogP contribution in [0.2, 0.25) is 0 Å². The molecular weight excluding hydrogens is 354 g/mol. The molecule has 1 fully saturated rings. The largest absolute Gasteiger partial charge is 0.379 e. The molecule has 3 rings (SSSR count). The number of benzene rings is 1. The number of nitrogens with one attached hydrogen (secondary N) is 1. The van der Waals surface area contributed by atoms with Crippen LogP contribution >= 0.6 is 12.2 Å². The zero-order valence-electron chi connectivity index (χ0n) is 16.7. The van der Waals surface area contributed by atoms with Gasteiger partial charge in [-0.1, -0.05) is 18.2 Å². The van der Waals surface area contributed by atoms with E-state index in [1.165, 1.54) is 30.4 Å². The first-order valence-corrected chi connectivity index (χ1v) is 10.6. The molecule has 0 spiro atoms. The average molecular weight is 388 g/mol. The van der Waals surface area contributed by atoms with E-state index in [9.17, 15) is 0 Å². The summed E-state index contributed by atoms with van der Waals surface area (Å²) in [4.78, 5) is 4.86. The van der Waals surface area contributed by atoms with Crippen molar-refractivity contribution in [2.75, 3.05) is 51.3 Å². The molecule has 27 heavy (non-hydrogen) atoms. The normalized spacial score (nSPS) is 20.4. The maximum atomic E-state index is 5.82. The zero-order valence-corrected chi connectivity index (χ0v) is 17.6. The van der Waals surface area contributed by atoms with Crippen molar-refractivity contribution < 1.29 is 4.74 Å². The molecule has 0 unspecified atom stereocenters. The van der Waals surface area contributed by atoms with E-state index in [0.717, 1.165) is 56.7 Å². The molecule has 148 valence electrons. The fourth-order valence-electron chi connectivity index (χ4n) is 3.72. The van der Waals surface area contributed by atoms with E-state index in [0.29, 0.717) is 5.92 Å². The van der Waals surface area contributed by atoms with Crippen molar-refractivity contribution >= 4 is 23.0 Å². The second-order valence-corrected chi connectivity index (χ2v) is 8.17. The molecule has 0 radical (unpaired) electrons. The number of thiocarbonyl (C=S) groups is 1. The van der Waals surface area contributed by atoms with Gasteiger partial charge in [0.15, 0.2) is 5.11 Å². The fraction of sp³-hybridized carbons (Fsp3) is 0.591. The maximum absolute atomic E-state index is 5.82. The van der Waals surface area contributed by atoms with Gasteiger partial charge in [0.05, 0.1) is 13.2 Å². The van der Waals surface area contributed by atoms with Crippen molar-refractivity contribution in [1.29, 1.82) is 0 Å². The quantitative estimate of drug-likeness (QED) is 0.588. The third-order valence-corrected chi connectivity index (χ3v) is 6.05. The van der Waals surface area contributed by atoms with E-state index < -0.39 is 0 Å². The number of aryl methyl sites for hydroxylation is 2. The Morgan fingerprint density at radius 2 is 2.04 bits per heavy atom. The maximum Gasteiger partial charge on any atom is 0.173 e. The van der Waals surface area contributed by atoms with Gasteiger partial charge in [0.1, 0.15) is 0 Å². The lowest BCUT2D eigenvalue weighted by Gasteiger charge is -2.34. The van der Waals surface area contributed by atoms with Crippen molar-refractivity contribution in [3.8, 4) is 0 Å². The second kappa shape index (κ2) is 10.2. The fourth-order valence-corrected chi connectivity index (χ4v) is 4.00. The molecule has 1 aromatic carbocycles. The Balaban J connectivity index is 1.61. The van der Waals surface area contributed by atoms with Crippen molar-refractivity contribution in [2.24, 2.45) is 5.92 Å². The Hall–Kier alpha value is -1.43. The highest BCUT2D eigenvalue weighted by Crippen LogP contribution is 2.20. The molecule has 0 amide bonds. The van der Waals surface area contributed by atoms with Crippen LogP contribution in [0.5, 0.6) is 0 Å². The van der Waals surface area contributed by atoms with Crippen LogP contribution in [0.15, 0.2) is 30.4 Å². The summed E-state index contributed by atoms with van der Waals surface area (Å²) in [6.45, 7) is 11.1. The number of rotatable bonds is 6. The zero-order chi connectivity index (χ0) is 19.1. The molecule has 0 aromatic heterocycles. The number of anilines is 1. The predicted molar refractivity (Wildman–Crippen MR) is 117 cm³/mol. The summed E-state index contributed by atoms with van der Waals surface area (Å²) in [5, 5.41) is 4.33. The minimum absolute atomic E-state index is 0.694. The van der Waals surface area contributed by atoms with E-state index in [1.807, 2.05) is 0 Å². The number of morpholine rings is 1. The summed E-state index contributed by atoms with van der Waals surface area (Å²) >= 11 is 5.82. The summed E-state index contributed by atoms with van der Waals surface area (Å²) in [5.41, 5.74) is 3.69. The third kappa shape index (κ3) is 6.30. The van der Waals surface area contributed by atoms with Gasteiger partial charge in [-0.2, -0.15) is 0 Å². The van der Waals surface area contributed by atoms with E-state index in [2.05, 4.69) is 59.3 Å². The summed E-state index contributed by atoms with van der Waals surface area (Å²) in [7, 11) is 0. The molecule has 1 aromatic rings. The Morgan fingerprint density at radius 3 is 2.74 bits per heavy atom. The monoisotopic (exact) mass is 387 g/mol. The van der Waals surface area contributed by atoms with Crippen LogP contribution in [0.25, 0.3) is 0 Å². The molecule has 1 heterocycles. The van der Waals surface area contributed by atoms with Crippen molar-refractivity contribution in [3.63, 3.8) is 0 Å². The van der Waals surface area contributed by atoms with Crippen molar-refractivity contribution in [1.82, 2.24) is 9.80 Å². The minimum atomic E-state index is 0.694. The Bertz CT molecular complexity index is 655. The minimum Gasteiger partial charge on any atom is -0.379 e. The van der Waals surface area contributed by atoms with E-state index in [1.54, 1.807) is 0 Å². The summed E-state index contributed by atoms with van der Waals surface area (Å²) in [6, 6.07) is 6.47. The Morgan fingerprint density at radius 1 is 1.22 bits per heavy atom. The van der Waals surface area contributed by atoms with Crippen LogP contribution in [0, 0.1) is 19.8 Å². The van der Waals surface area contributed by atoms with Gasteiger partial charge in [-0.05, 0) is 74.5 Å². The topological polar surface area (TPSA) is 27.7 Å². The molecule has 2 aliphatic rings. The van der Waals surface area contributed by atoms with E-state index >= 15 is 0 Å². The first-order chi connectivity index (χ1) is 13.1. The molecule has 5 heteroatoms. The van der Waals surface area contributed by atoms with Crippen LogP contribution in [-0.2, 0) is 4.74 Å². The van der Waals surface area contributed by atoms with Gasteiger partial charge in [-0.3, -0.25) is 4.90 Å². The highest BCUT2D eigenvalue weighted by atomic mass is 32.1. The SMILES string of the molecule is Cc1ccc(NC(=S)N(CCN2CCOCC2)C[C@@H]2CC=CCC2)cc1C. The lowest BCUT2D eigenvalue weighted by molar-refractivity contribution is 0.0356. The first-order valence-electron chi connectivity index (χ1n) is 10.2. The van der Waals surface area contributed by atoms with Crippen molar-refractivity contribution in [2.45, 2.75) is 33.1 Å². The lowest BCUT2D eigenvalue weighted by Crippen LogP contribution is -2.45. The van der Waals surface area contributed by atoms with Gasteiger partial charge in [-0.15, -0.1) is 0 Å². The van der Waals surface area contributed by atoms with E-state index in [4.69, 9.17) is 17.0 Å². The number of hydrogen-bond acceptors (Lipinski definition) is 3. The summed E-state index contributed by atoms with van der Waals surface area (Å²) in [5.74, 6) is 0.694. The third-order valence-electron chi connectivity index (χ3n) is 5.69. The van der Waals surface area contributed by atoms with Crippen LogP contribution in [0.1, 0.15) is 30.4 Å². The lowest BCUT2D eigenvalue weighted by atomic mass is 9.94. The molecule has 1 aliphatic carbocycles. The molecule has 0 saturated carbocycles. The number of ether oxygens (including phenoxy) is 1. The number of nitrogens with zero attached hydrogens (tertiary/aromatic N) is 2. The highest BCUT2D eigenvalue weighted by Gasteiger charge is 2.19. The standard InChI is InChI=1S/C22H33N3OS/c1-18-8-9-21(16-19(18)2)23-22(27)25(17-20-6-4-3-5-7-20)11-10-24-12-14-26-15-13-24/h3-4,8-9,16,20H,5-7,10-15,17H2,1-2H3,(H,23,27)/t20-/m1/s1. The van der Waals surface area contributed by atoms with Gasteiger partial charge in [0.2, 0.25) is 0 Å². The highest BCUT2D eigenvalue weighted by molar-refractivity contribution is 7.80. The van der Waals surface area contributed by atoms with Gasteiger partial charge in [-0.25, -0.2) is 0 Å². The van der Waals surface area contributed by atoms with Gasteiger partial charge >= 0.3 is 0 Å². The summed E-state index contributed by atoms with van der Waals surface area (Å²) < 4.78 is 5.47. The Kier molecular flexibility index (Phi) is 7.68. The molecular formula is C22H33N3OS. The number of allylic oxidation sites excluding steroid dienone is 2.